The van der Waals surface area contributed by atoms with E-state index in [0.717, 1.165) is 21.6 Å². The Labute approximate surface area is 112 Å². The van der Waals surface area contributed by atoms with E-state index in [4.69, 9.17) is 4.42 Å². The van der Waals surface area contributed by atoms with Crippen molar-refractivity contribution in [1.29, 1.82) is 0 Å². The van der Waals surface area contributed by atoms with E-state index in [1.165, 1.54) is 0 Å². The van der Waals surface area contributed by atoms with Crippen LogP contribution < -0.4 is 5.32 Å². The molecule has 5 nitrogen and oxygen atoms in total. The van der Waals surface area contributed by atoms with Gasteiger partial charge in [-0.1, -0.05) is 0 Å². The normalized spacial score (nSPS) is 11.0. The van der Waals surface area contributed by atoms with Crippen LogP contribution in [0.1, 0.15) is 11.5 Å². The van der Waals surface area contributed by atoms with Crippen LogP contribution in [0.5, 0.6) is 0 Å². The molecule has 3 heterocycles. The Bertz CT molecular complexity index is 688. The highest BCUT2D eigenvalue weighted by Crippen LogP contribution is 2.13. The van der Waals surface area contributed by atoms with Gasteiger partial charge in [-0.25, -0.2) is 4.52 Å². The number of anilines is 1. The number of hydrogen-bond donors (Lipinski definition) is 1. The Balaban J connectivity index is 1.78. The fraction of sp³-hybridized carbons (Fsp3) is 0.167. The quantitative estimate of drug-likeness (QED) is 0.808. The van der Waals surface area contributed by atoms with Crippen LogP contribution in [0.25, 0.3) is 5.65 Å². The first-order chi connectivity index (χ1) is 8.70. The summed E-state index contributed by atoms with van der Waals surface area (Å²) in [6, 6.07) is 7.71. The number of furan rings is 1. The molecule has 0 saturated carbocycles. The van der Waals surface area contributed by atoms with Gasteiger partial charge >= 0.3 is 0 Å². The molecule has 18 heavy (non-hydrogen) atoms. The van der Waals surface area contributed by atoms with Crippen LogP contribution in [0.15, 0.2) is 39.4 Å². The van der Waals surface area contributed by atoms with E-state index in [0.29, 0.717) is 12.5 Å². The number of hydrogen-bond acceptors (Lipinski definition) is 4. The largest absolute Gasteiger partial charge is 0.465 e. The summed E-state index contributed by atoms with van der Waals surface area (Å²) in [5, 5.41) is 7.45. The number of nitrogens with one attached hydrogen (secondary N) is 1. The summed E-state index contributed by atoms with van der Waals surface area (Å²) in [7, 11) is 0. The Morgan fingerprint density at radius 1 is 1.33 bits per heavy atom. The van der Waals surface area contributed by atoms with Crippen LogP contribution in [0.4, 0.5) is 5.95 Å². The summed E-state index contributed by atoms with van der Waals surface area (Å²) in [6.45, 7) is 2.50. The maximum absolute atomic E-state index is 5.47. The molecule has 0 unspecified atom stereocenters. The number of aromatic nitrogens is 3. The lowest BCUT2D eigenvalue weighted by Gasteiger charge is -1.97. The molecule has 0 aliphatic rings. The molecular formula is C12H11BrN4O. The minimum atomic E-state index is 0.575. The number of rotatable bonds is 3. The predicted octanol–water partition coefficient (Wildman–Crippen LogP) is 3.01. The Morgan fingerprint density at radius 2 is 2.22 bits per heavy atom. The van der Waals surface area contributed by atoms with E-state index in [9.17, 15) is 0 Å². The van der Waals surface area contributed by atoms with Gasteiger partial charge in [-0.15, -0.1) is 5.10 Å². The van der Waals surface area contributed by atoms with E-state index in [2.05, 4.69) is 31.3 Å². The minimum absolute atomic E-state index is 0.575. The maximum Gasteiger partial charge on any atom is 0.243 e. The molecule has 0 fully saturated rings. The number of fused-ring (bicyclic) bond motifs is 1. The molecule has 1 N–H and O–H groups in total. The first kappa shape index (κ1) is 11.3. The SMILES string of the molecule is Cc1ccc(CNc2nc3ccc(Br)cn3n2)o1. The van der Waals surface area contributed by atoms with E-state index in [1.807, 2.05) is 37.4 Å². The van der Waals surface area contributed by atoms with E-state index in [1.54, 1.807) is 4.52 Å². The zero-order chi connectivity index (χ0) is 12.5. The molecule has 0 atom stereocenters. The molecule has 92 valence electrons. The molecule has 0 radical (unpaired) electrons. The summed E-state index contributed by atoms with van der Waals surface area (Å²) in [5.74, 6) is 2.35. The fourth-order valence-corrected chi connectivity index (χ4v) is 2.01. The Kier molecular flexibility index (Phi) is 2.79. The van der Waals surface area contributed by atoms with Gasteiger partial charge < -0.3 is 9.73 Å². The third-order valence-corrected chi connectivity index (χ3v) is 2.98. The molecule has 0 bridgehead atoms. The lowest BCUT2D eigenvalue weighted by molar-refractivity contribution is 0.490. The summed E-state index contributed by atoms with van der Waals surface area (Å²) in [4.78, 5) is 4.35. The minimum Gasteiger partial charge on any atom is -0.465 e. The van der Waals surface area contributed by atoms with Crippen molar-refractivity contribution >= 4 is 27.5 Å². The number of nitrogens with zero attached hydrogens (tertiary/aromatic N) is 3. The first-order valence-electron chi connectivity index (χ1n) is 5.52. The maximum atomic E-state index is 5.47. The van der Waals surface area contributed by atoms with E-state index >= 15 is 0 Å². The molecule has 6 heteroatoms. The van der Waals surface area contributed by atoms with Crippen LogP contribution in [-0.4, -0.2) is 14.6 Å². The summed E-state index contributed by atoms with van der Waals surface area (Å²) in [6.07, 6.45) is 1.87. The number of halogens is 1. The third-order valence-electron chi connectivity index (χ3n) is 2.51. The first-order valence-corrected chi connectivity index (χ1v) is 6.31. The number of aryl methyl sites for hydroxylation is 1. The predicted molar refractivity (Wildman–Crippen MR) is 71.5 cm³/mol. The molecule has 0 saturated heterocycles. The van der Waals surface area contributed by atoms with Crippen molar-refractivity contribution in [2.75, 3.05) is 5.32 Å². The molecule has 0 aliphatic carbocycles. The van der Waals surface area contributed by atoms with Crippen molar-refractivity contribution in [3.63, 3.8) is 0 Å². The smallest absolute Gasteiger partial charge is 0.243 e. The summed E-state index contributed by atoms with van der Waals surface area (Å²) >= 11 is 3.40. The average Bonchev–Trinajstić information content (AvgIpc) is 2.92. The van der Waals surface area contributed by atoms with Crippen molar-refractivity contribution < 1.29 is 4.42 Å². The van der Waals surface area contributed by atoms with Crippen LogP contribution in [0, 0.1) is 6.92 Å². The second kappa shape index (κ2) is 4.45. The van der Waals surface area contributed by atoms with Gasteiger partial charge in [0.15, 0.2) is 5.65 Å². The topological polar surface area (TPSA) is 55.4 Å². The Morgan fingerprint density at radius 3 is 3.00 bits per heavy atom. The van der Waals surface area contributed by atoms with Crippen LogP contribution >= 0.6 is 15.9 Å². The van der Waals surface area contributed by atoms with E-state index in [-0.39, 0.29) is 0 Å². The van der Waals surface area contributed by atoms with E-state index < -0.39 is 0 Å². The lowest BCUT2D eigenvalue weighted by Crippen LogP contribution is -2.00. The Hall–Kier alpha value is -1.82. The van der Waals surface area contributed by atoms with Gasteiger partial charge in [-0.2, -0.15) is 4.98 Å². The van der Waals surface area contributed by atoms with Gasteiger partial charge in [0.05, 0.1) is 6.54 Å². The molecule has 0 spiro atoms. The zero-order valence-electron chi connectivity index (χ0n) is 9.72. The highest BCUT2D eigenvalue weighted by molar-refractivity contribution is 9.10. The zero-order valence-corrected chi connectivity index (χ0v) is 11.3. The highest BCUT2D eigenvalue weighted by atomic mass is 79.9. The van der Waals surface area contributed by atoms with Gasteiger partial charge in [-0.3, -0.25) is 0 Å². The second-order valence-electron chi connectivity index (χ2n) is 3.95. The second-order valence-corrected chi connectivity index (χ2v) is 4.87. The molecule has 3 aromatic rings. The molecule has 0 aromatic carbocycles. The average molecular weight is 307 g/mol. The lowest BCUT2D eigenvalue weighted by atomic mass is 10.4. The summed E-state index contributed by atoms with van der Waals surface area (Å²) < 4.78 is 8.15. The molecule has 3 aromatic heterocycles. The van der Waals surface area contributed by atoms with Gasteiger partial charge in [0.25, 0.3) is 0 Å². The van der Waals surface area contributed by atoms with Gasteiger partial charge in [0, 0.05) is 10.7 Å². The van der Waals surface area contributed by atoms with Crippen molar-refractivity contribution in [1.82, 2.24) is 14.6 Å². The monoisotopic (exact) mass is 306 g/mol. The van der Waals surface area contributed by atoms with Crippen LogP contribution in [0.3, 0.4) is 0 Å². The van der Waals surface area contributed by atoms with Crippen LogP contribution in [0.2, 0.25) is 0 Å². The number of pyridine rings is 1. The van der Waals surface area contributed by atoms with Gasteiger partial charge in [-0.05, 0) is 47.1 Å². The van der Waals surface area contributed by atoms with Gasteiger partial charge in [0.2, 0.25) is 5.95 Å². The summed E-state index contributed by atoms with van der Waals surface area (Å²) in [5.41, 5.74) is 0.802. The van der Waals surface area contributed by atoms with Gasteiger partial charge in [0.1, 0.15) is 11.5 Å². The molecule has 3 rings (SSSR count). The van der Waals surface area contributed by atoms with Crippen molar-refractivity contribution in [2.24, 2.45) is 0 Å². The van der Waals surface area contributed by atoms with Crippen LogP contribution in [-0.2, 0) is 6.54 Å². The van der Waals surface area contributed by atoms with Crippen molar-refractivity contribution in [3.8, 4) is 0 Å². The van der Waals surface area contributed by atoms with Crippen molar-refractivity contribution in [2.45, 2.75) is 13.5 Å². The standard InChI is InChI=1S/C12H11BrN4O/c1-8-2-4-10(18-8)6-14-12-15-11-5-3-9(13)7-17(11)16-12/h2-5,7H,6H2,1H3,(H,14,16). The highest BCUT2D eigenvalue weighted by Gasteiger charge is 2.04. The van der Waals surface area contributed by atoms with Crippen molar-refractivity contribution in [3.05, 3.63) is 46.5 Å². The molecule has 0 aliphatic heterocycles. The fourth-order valence-electron chi connectivity index (χ4n) is 1.68. The molecular weight excluding hydrogens is 296 g/mol. The molecule has 0 amide bonds. The third kappa shape index (κ3) is 2.24.